The fraction of sp³-hybridized carbons (Fsp3) is 0. The highest BCUT2D eigenvalue weighted by molar-refractivity contribution is 6.19. The summed E-state index contributed by atoms with van der Waals surface area (Å²) in [6, 6.07) is 72.0. The van der Waals surface area contributed by atoms with Gasteiger partial charge in [0.15, 0.2) is 0 Å². The van der Waals surface area contributed by atoms with Crippen molar-refractivity contribution in [2.45, 2.75) is 0 Å². The van der Waals surface area contributed by atoms with E-state index in [0.717, 1.165) is 28.4 Å². The lowest BCUT2D eigenvalue weighted by atomic mass is 10.0. The van der Waals surface area contributed by atoms with Crippen molar-refractivity contribution in [2.75, 3.05) is 4.90 Å². The molecule has 0 amide bonds. The first kappa shape index (κ1) is 29.1. The van der Waals surface area contributed by atoms with Crippen LogP contribution >= 0.6 is 0 Å². The molecule has 51 heavy (non-hydrogen) atoms. The predicted octanol–water partition coefficient (Wildman–Crippen LogP) is 13.0. The molecule has 0 saturated heterocycles. The Bertz CT molecular complexity index is 2810. The van der Waals surface area contributed by atoms with Gasteiger partial charge in [0.2, 0.25) is 0 Å². The molecule has 8 aromatic carbocycles. The summed E-state index contributed by atoms with van der Waals surface area (Å²) in [5, 5.41) is 5.02. The molecule has 10 aromatic rings. The summed E-state index contributed by atoms with van der Waals surface area (Å²) in [5.41, 5.74) is 12.8. The number of aromatic nitrogens is 2. The first-order valence-electron chi connectivity index (χ1n) is 17.4. The number of rotatable bonds is 6. The first-order chi connectivity index (χ1) is 25.3. The van der Waals surface area contributed by atoms with Crippen LogP contribution in [-0.4, -0.2) is 9.13 Å². The van der Waals surface area contributed by atoms with Crippen molar-refractivity contribution in [3.05, 3.63) is 200 Å². The fourth-order valence-corrected chi connectivity index (χ4v) is 7.77. The number of hydrogen-bond acceptors (Lipinski definition) is 1. The summed E-state index contributed by atoms with van der Waals surface area (Å²) >= 11 is 0. The summed E-state index contributed by atoms with van der Waals surface area (Å²) < 4.78 is 4.82. The van der Waals surface area contributed by atoms with Crippen LogP contribution in [0.1, 0.15) is 0 Å². The lowest BCUT2D eigenvalue weighted by Gasteiger charge is -2.26. The second-order valence-corrected chi connectivity index (χ2v) is 13.0. The molecule has 0 bridgehead atoms. The van der Waals surface area contributed by atoms with Crippen LogP contribution in [0.2, 0.25) is 0 Å². The molecule has 0 saturated carbocycles. The lowest BCUT2D eigenvalue weighted by Crippen LogP contribution is -2.10. The van der Waals surface area contributed by atoms with Gasteiger partial charge >= 0.3 is 0 Å². The summed E-state index contributed by atoms with van der Waals surface area (Å²) in [4.78, 5) is 2.33. The second-order valence-electron chi connectivity index (χ2n) is 13.0. The van der Waals surface area contributed by atoms with Gasteiger partial charge in [-0.1, -0.05) is 115 Å². The van der Waals surface area contributed by atoms with Crippen LogP contribution in [-0.2, 0) is 0 Å². The van der Waals surface area contributed by atoms with Crippen LogP contribution in [0, 0.1) is 0 Å². The molecule has 0 spiro atoms. The maximum Gasteiger partial charge on any atom is 0.0562 e. The molecule has 240 valence electrons. The number of hydrogen-bond donors (Lipinski definition) is 0. The van der Waals surface area contributed by atoms with E-state index in [-0.39, 0.29) is 0 Å². The Morgan fingerprint density at radius 1 is 0.275 bits per heavy atom. The van der Waals surface area contributed by atoms with Crippen molar-refractivity contribution in [1.82, 2.24) is 9.13 Å². The van der Waals surface area contributed by atoms with Crippen LogP contribution in [0.15, 0.2) is 200 Å². The number of fused-ring (bicyclic) bond motifs is 6. The largest absolute Gasteiger partial charge is 0.311 e. The van der Waals surface area contributed by atoms with Crippen LogP contribution in [0.25, 0.3) is 66.1 Å². The lowest BCUT2D eigenvalue weighted by molar-refractivity contribution is 1.16. The third-order valence-corrected chi connectivity index (χ3v) is 10.1. The molecule has 0 aliphatic heterocycles. The highest BCUT2D eigenvalue weighted by Gasteiger charge is 2.19. The number of nitrogens with zero attached hydrogens (tertiary/aromatic N) is 3. The van der Waals surface area contributed by atoms with E-state index in [1.807, 2.05) is 0 Å². The minimum Gasteiger partial charge on any atom is -0.311 e. The van der Waals surface area contributed by atoms with Gasteiger partial charge < -0.3 is 14.0 Å². The van der Waals surface area contributed by atoms with Crippen LogP contribution in [0.4, 0.5) is 17.1 Å². The average molecular weight is 652 g/mol. The topological polar surface area (TPSA) is 13.1 Å². The SMILES string of the molecule is c1ccc(-c2ccc(N(c3ccccc3)c3ccc(-n4c5ccccc5c5cc6c7ccccc7n(-c7ccccc7)c6cc54)cc3)cc2)cc1. The van der Waals surface area contributed by atoms with Gasteiger partial charge in [-0.3, -0.25) is 0 Å². The summed E-state index contributed by atoms with van der Waals surface area (Å²) in [6.07, 6.45) is 0. The Hall–Kier alpha value is -6.84. The van der Waals surface area contributed by atoms with Gasteiger partial charge in [0.25, 0.3) is 0 Å². The highest BCUT2D eigenvalue weighted by Crippen LogP contribution is 2.41. The molecule has 0 unspecified atom stereocenters. The molecule has 2 heterocycles. The summed E-state index contributed by atoms with van der Waals surface area (Å²) in [7, 11) is 0. The fourth-order valence-electron chi connectivity index (χ4n) is 7.77. The third-order valence-electron chi connectivity index (χ3n) is 10.1. The highest BCUT2D eigenvalue weighted by atomic mass is 15.1. The van der Waals surface area contributed by atoms with E-state index in [4.69, 9.17) is 0 Å². The van der Waals surface area contributed by atoms with Gasteiger partial charge in [-0.2, -0.15) is 0 Å². The molecule has 0 N–H and O–H groups in total. The summed E-state index contributed by atoms with van der Waals surface area (Å²) in [6.45, 7) is 0. The number of benzene rings is 8. The molecule has 2 aromatic heterocycles. The average Bonchev–Trinajstić information content (AvgIpc) is 3.71. The molecule has 0 atom stereocenters. The van der Waals surface area contributed by atoms with Crippen molar-refractivity contribution in [2.24, 2.45) is 0 Å². The smallest absolute Gasteiger partial charge is 0.0562 e. The molecular weight excluding hydrogens is 619 g/mol. The van der Waals surface area contributed by atoms with E-state index < -0.39 is 0 Å². The Kier molecular flexibility index (Phi) is 6.81. The van der Waals surface area contributed by atoms with Crippen molar-refractivity contribution in [3.8, 4) is 22.5 Å². The van der Waals surface area contributed by atoms with E-state index >= 15 is 0 Å². The van der Waals surface area contributed by atoms with E-state index in [9.17, 15) is 0 Å². The molecule has 0 radical (unpaired) electrons. The van der Waals surface area contributed by atoms with E-state index in [2.05, 4.69) is 214 Å². The predicted molar refractivity (Wildman–Crippen MR) is 215 cm³/mol. The van der Waals surface area contributed by atoms with Crippen LogP contribution < -0.4 is 4.90 Å². The van der Waals surface area contributed by atoms with Crippen LogP contribution in [0.3, 0.4) is 0 Å². The van der Waals surface area contributed by atoms with E-state index in [1.165, 1.54) is 54.7 Å². The normalized spacial score (nSPS) is 11.5. The van der Waals surface area contributed by atoms with Crippen molar-refractivity contribution >= 4 is 60.7 Å². The summed E-state index contributed by atoms with van der Waals surface area (Å²) in [5.74, 6) is 0. The molecule has 10 rings (SSSR count). The Morgan fingerprint density at radius 3 is 1.25 bits per heavy atom. The van der Waals surface area contributed by atoms with Crippen molar-refractivity contribution < 1.29 is 0 Å². The van der Waals surface area contributed by atoms with E-state index in [0.29, 0.717) is 0 Å². The standard InChI is InChI=1S/C48H33N3/c1-4-14-34(15-5-1)35-24-26-38(27-25-35)49(36-16-6-2-7-17-36)39-28-30-40(31-29-39)51-46-23-13-11-21-42(46)44-32-43-41-20-10-12-22-45(41)50(47(43)33-48(44)51)37-18-8-3-9-19-37/h1-33H. The molecule has 0 aliphatic rings. The van der Waals surface area contributed by atoms with Gasteiger partial charge in [-0.25, -0.2) is 0 Å². The quantitative estimate of drug-likeness (QED) is 0.174. The second kappa shape index (κ2) is 11.9. The zero-order valence-corrected chi connectivity index (χ0v) is 27.9. The van der Waals surface area contributed by atoms with Crippen molar-refractivity contribution in [3.63, 3.8) is 0 Å². The van der Waals surface area contributed by atoms with Crippen LogP contribution in [0.5, 0.6) is 0 Å². The maximum absolute atomic E-state index is 2.42. The minimum absolute atomic E-state index is 1.10. The molecule has 0 fully saturated rings. The maximum atomic E-state index is 2.42. The Morgan fingerprint density at radius 2 is 0.686 bits per heavy atom. The molecule has 3 nitrogen and oxygen atoms in total. The van der Waals surface area contributed by atoms with Gasteiger partial charge in [0.1, 0.15) is 0 Å². The van der Waals surface area contributed by atoms with Gasteiger partial charge in [0, 0.05) is 50.0 Å². The van der Waals surface area contributed by atoms with Gasteiger partial charge in [0.05, 0.1) is 22.1 Å². The minimum atomic E-state index is 1.10. The Balaban J connectivity index is 1.14. The van der Waals surface area contributed by atoms with Gasteiger partial charge in [-0.15, -0.1) is 0 Å². The third kappa shape index (κ3) is 4.82. The number of anilines is 3. The Labute approximate surface area is 296 Å². The number of para-hydroxylation sites is 4. The molecule has 3 heteroatoms. The zero-order chi connectivity index (χ0) is 33.7. The zero-order valence-electron chi connectivity index (χ0n) is 27.9. The van der Waals surface area contributed by atoms with E-state index in [1.54, 1.807) is 0 Å². The monoisotopic (exact) mass is 651 g/mol. The van der Waals surface area contributed by atoms with Crippen molar-refractivity contribution in [1.29, 1.82) is 0 Å². The van der Waals surface area contributed by atoms with Gasteiger partial charge in [-0.05, 0) is 96.1 Å². The first-order valence-corrected chi connectivity index (χ1v) is 17.4. The molecular formula is C48H33N3. The molecule has 0 aliphatic carbocycles.